The van der Waals surface area contributed by atoms with E-state index in [1.807, 2.05) is 0 Å². The zero-order valence-corrected chi connectivity index (χ0v) is 31.5. The van der Waals surface area contributed by atoms with Crippen molar-refractivity contribution in [3.8, 4) is 11.1 Å². The van der Waals surface area contributed by atoms with E-state index < -0.39 is 36.8 Å². The molecule has 0 amide bonds. The van der Waals surface area contributed by atoms with Crippen molar-refractivity contribution in [1.82, 2.24) is 0 Å². The number of aryl methyl sites for hydroxylation is 4. The molecule has 0 aliphatic carbocycles. The molecule has 0 nitrogen and oxygen atoms in total. The molecule has 0 saturated heterocycles. The van der Waals surface area contributed by atoms with Crippen molar-refractivity contribution in [1.29, 1.82) is 0 Å². The Balaban J connectivity index is 2.89. The Hall–Kier alpha value is 0.0374. The molecule has 0 fully saturated rings. The Morgan fingerprint density at radius 2 is 0.667 bits per heavy atom. The van der Waals surface area contributed by atoms with Gasteiger partial charge in [0.15, 0.2) is 0 Å². The fourth-order valence-electron chi connectivity index (χ4n) is 5.47. The number of hydrogen-bond donors (Lipinski definition) is 0. The normalized spacial score (nSPS) is 12.4. The Morgan fingerprint density at radius 1 is 0.417 bits per heavy atom. The molecule has 0 radical (unpaired) electrons. The van der Waals surface area contributed by atoms with Crippen LogP contribution in [0.25, 0.3) is 11.1 Å². The molecule has 2 rings (SSSR count). The van der Waals surface area contributed by atoms with Gasteiger partial charge in [-0.05, 0) is 0 Å². The van der Waals surface area contributed by atoms with Gasteiger partial charge in [0.2, 0.25) is 0 Å². The second-order valence-corrected chi connectivity index (χ2v) is 42.0. The van der Waals surface area contributed by atoms with Gasteiger partial charge in [-0.2, -0.15) is 0 Å². The third kappa shape index (κ3) is 9.06. The van der Waals surface area contributed by atoms with Gasteiger partial charge in [0.1, 0.15) is 0 Å². The average Bonchev–Trinajstić information content (AvgIpc) is 2.82. The monoisotopic (exact) mass is 706 g/mol. The van der Waals surface area contributed by atoms with E-state index in [1.165, 1.54) is 77.0 Å². The van der Waals surface area contributed by atoms with Gasteiger partial charge in [0.05, 0.1) is 0 Å². The fraction of sp³-hybridized carbons (Fsp3) is 0.647. The summed E-state index contributed by atoms with van der Waals surface area (Å²) in [7, 11) is 0. The number of rotatable bonds is 15. The Labute approximate surface area is 234 Å². The Kier molecular flexibility index (Phi) is 13.4. The van der Waals surface area contributed by atoms with Crippen LogP contribution in [0.5, 0.6) is 0 Å². The zero-order valence-electron chi connectivity index (χ0n) is 25.8. The van der Waals surface area contributed by atoms with Crippen molar-refractivity contribution >= 4 is 43.9 Å². The van der Waals surface area contributed by atoms with Crippen LogP contribution in [0.15, 0.2) is 24.3 Å². The number of unbranched alkanes of at least 4 members (excludes halogenated alkanes) is 4. The molecule has 0 aromatic heterocycles. The van der Waals surface area contributed by atoms with Gasteiger partial charge in [0.25, 0.3) is 0 Å². The third-order valence-corrected chi connectivity index (χ3v) is 19.4. The summed E-state index contributed by atoms with van der Waals surface area (Å²) < 4.78 is 3.55. The van der Waals surface area contributed by atoms with E-state index in [0.29, 0.717) is 0 Å². The summed E-state index contributed by atoms with van der Waals surface area (Å²) in [5, 5.41) is 0. The summed E-state index contributed by atoms with van der Waals surface area (Å²) in [5.74, 6) is 0. The number of hydrogen-bond acceptors (Lipinski definition) is 0. The van der Waals surface area contributed by atoms with Gasteiger partial charge in [-0.15, -0.1) is 0 Å². The van der Waals surface area contributed by atoms with Crippen LogP contribution < -0.4 is 7.16 Å². The molecular formula is C34H58Sn2. The van der Waals surface area contributed by atoms with Gasteiger partial charge in [0, 0.05) is 0 Å². The first-order valence-corrected chi connectivity index (χ1v) is 35.3. The van der Waals surface area contributed by atoms with Crippen LogP contribution in [0.1, 0.15) is 101 Å². The molecule has 0 atom stereocenters. The van der Waals surface area contributed by atoms with Crippen LogP contribution in [0.2, 0.25) is 29.6 Å². The molecular weight excluding hydrogens is 646 g/mol. The van der Waals surface area contributed by atoms with Crippen molar-refractivity contribution in [3.05, 3.63) is 46.5 Å². The predicted molar refractivity (Wildman–Crippen MR) is 172 cm³/mol. The van der Waals surface area contributed by atoms with E-state index in [9.17, 15) is 0 Å². The van der Waals surface area contributed by atoms with Crippen molar-refractivity contribution in [3.63, 3.8) is 0 Å². The van der Waals surface area contributed by atoms with Gasteiger partial charge < -0.3 is 0 Å². The zero-order chi connectivity index (χ0) is 26.9. The van der Waals surface area contributed by atoms with Crippen LogP contribution >= 0.6 is 0 Å². The average molecular weight is 704 g/mol. The maximum atomic E-state index is 2.73. The van der Waals surface area contributed by atoms with Crippen LogP contribution in [0, 0.1) is 0 Å². The van der Waals surface area contributed by atoms with Crippen LogP contribution in [-0.4, -0.2) is 36.8 Å². The van der Waals surface area contributed by atoms with E-state index in [2.05, 4.69) is 81.6 Å². The van der Waals surface area contributed by atoms with E-state index in [0.717, 1.165) is 0 Å². The molecule has 0 aliphatic rings. The van der Waals surface area contributed by atoms with E-state index in [1.54, 1.807) is 40.5 Å². The first kappa shape index (κ1) is 32.3. The summed E-state index contributed by atoms with van der Waals surface area (Å²) >= 11 is -4.74. The van der Waals surface area contributed by atoms with Gasteiger partial charge >= 0.3 is 236 Å². The summed E-state index contributed by atoms with van der Waals surface area (Å²) in [6.07, 6.45) is 15.4. The summed E-state index contributed by atoms with van der Waals surface area (Å²) in [6.45, 7) is 9.36. The van der Waals surface area contributed by atoms with Crippen molar-refractivity contribution < 1.29 is 0 Å². The molecule has 0 saturated carbocycles. The first-order chi connectivity index (χ1) is 17.0. The Bertz CT molecular complexity index is 877. The van der Waals surface area contributed by atoms with Crippen LogP contribution in [0.4, 0.5) is 0 Å². The summed E-state index contributed by atoms with van der Waals surface area (Å²) in [4.78, 5) is 15.8. The SMILES string of the molecule is CCCCc1cc(-c2cc(CCCC)c(CCCC)c[c]2[Sn]([CH3])([CH3])[CH3])[c]([Sn]([CH3])([CH3])[CH3])cc1CCCC. The molecule has 202 valence electrons. The van der Waals surface area contributed by atoms with Crippen LogP contribution in [-0.2, 0) is 25.7 Å². The second kappa shape index (κ2) is 15.0. The molecule has 0 N–H and O–H groups in total. The summed E-state index contributed by atoms with van der Waals surface area (Å²) in [6, 6.07) is 10.9. The fourth-order valence-corrected chi connectivity index (χ4v) is 14.7. The third-order valence-electron chi connectivity index (χ3n) is 7.78. The van der Waals surface area contributed by atoms with Crippen molar-refractivity contribution in [2.75, 3.05) is 0 Å². The second-order valence-electron chi connectivity index (χ2n) is 13.2. The molecule has 0 unspecified atom stereocenters. The number of benzene rings is 2. The molecule has 0 bridgehead atoms. The molecule has 2 aromatic rings. The molecule has 2 aromatic carbocycles. The van der Waals surface area contributed by atoms with E-state index in [-0.39, 0.29) is 0 Å². The molecule has 0 spiro atoms. The van der Waals surface area contributed by atoms with E-state index >= 15 is 0 Å². The van der Waals surface area contributed by atoms with Gasteiger partial charge in [-0.1, -0.05) is 0 Å². The van der Waals surface area contributed by atoms with Crippen LogP contribution in [0.3, 0.4) is 0 Å². The predicted octanol–water partition coefficient (Wildman–Crippen LogP) is 9.81. The van der Waals surface area contributed by atoms with Gasteiger partial charge in [-0.25, -0.2) is 0 Å². The first-order valence-electron chi connectivity index (χ1n) is 15.3. The standard InChI is InChI=1S/C28H40.6CH3.2Sn/c1-5-9-13-23-17-19-27(21-25(23)15-11-7-3)28-20-18-24(14-10-6-2)26(22-28)16-12-8-4;;;;;;;;/h17-18,21-22H,5-16H2,1-4H3;6*1H3;;. The van der Waals surface area contributed by atoms with E-state index in [4.69, 9.17) is 0 Å². The Morgan fingerprint density at radius 3 is 0.889 bits per heavy atom. The topological polar surface area (TPSA) is 0 Å². The quantitative estimate of drug-likeness (QED) is 0.162. The summed E-state index contributed by atoms with van der Waals surface area (Å²) in [5.41, 5.74) is 9.93. The minimum atomic E-state index is -2.37. The molecule has 0 aliphatic heterocycles. The maximum absolute atomic E-state index is 2.73. The van der Waals surface area contributed by atoms with Crippen molar-refractivity contribution in [2.24, 2.45) is 0 Å². The molecule has 0 heterocycles. The minimum absolute atomic E-state index is 1.24. The molecule has 2 heteroatoms. The van der Waals surface area contributed by atoms with Crippen molar-refractivity contribution in [2.45, 2.75) is 134 Å². The molecule has 36 heavy (non-hydrogen) atoms. The van der Waals surface area contributed by atoms with Gasteiger partial charge in [-0.3, -0.25) is 0 Å².